The van der Waals surface area contributed by atoms with Crippen LogP contribution >= 0.6 is 0 Å². The average molecular weight is 282 g/mol. The van der Waals surface area contributed by atoms with Gasteiger partial charge in [-0.1, -0.05) is 60.7 Å². The molecule has 1 aliphatic rings. The second kappa shape index (κ2) is 4.31. The summed E-state index contributed by atoms with van der Waals surface area (Å²) in [6.45, 7) is 0.926. The average Bonchev–Trinajstić information content (AvgIpc) is 2.93. The van der Waals surface area contributed by atoms with Gasteiger partial charge in [0.2, 0.25) is 0 Å². The van der Waals surface area contributed by atoms with Crippen LogP contribution in [0.25, 0.3) is 39.1 Å². The van der Waals surface area contributed by atoms with Crippen LogP contribution in [-0.2, 0) is 6.54 Å². The first kappa shape index (κ1) is 11.8. The van der Waals surface area contributed by atoms with Crippen molar-refractivity contribution >= 4 is 27.9 Å². The van der Waals surface area contributed by atoms with Gasteiger partial charge < -0.3 is 4.57 Å². The molecule has 0 saturated heterocycles. The zero-order chi connectivity index (χ0) is 14.5. The SMILES string of the molecule is C1=Cc2c(-c3ccccc3)ncc3c4ccccc4n(c23)C1. The normalized spacial score (nSPS) is 13.1. The van der Waals surface area contributed by atoms with Gasteiger partial charge in [0, 0.05) is 40.2 Å². The van der Waals surface area contributed by atoms with E-state index < -0.39 is 0 Å². The highest BCUT2D eigenvalue weighted by atomic mass is 15.0. The fourth-order valence-electron chi connectivity index (χ4n) is 3.51. The van der Waals surface area contributed by atoms with E-state index in [1.54, 1.807) is 0 Å². The molecule has 22 heavy (non-hydrogen) atoms. The Morgan fingerprint density at radius 2 is 1.68 bits per heavy atom. The topological polar surface area (TPSA) is 17.8 Å². The maximum atomic E-state index is 4.78. The lowest BCUT2D eigenvalue weighted by molar-refractivity contribution is 0.892. The van der Waals surface area contributed by atoms with Gasteiger partial charge in [0.05, 0.1) is 11.2 Å². The first-order chi connectivity index (χ1) is 10.9. The van der Waals surface area contributed by atoms with Crippen LogP contribution < -0.4 is 0 Å². The Labute approximate surface area is 128 Å². The molecular weight excluding hydrogens is 268 g/mol. The number of hydrogen-bond acceptors (Lipinski definition) is 1. The second-order valence-corrected chi connectivity index (χ2v) is 5.68. The van der Waals surface area contributed by atoms with E-state index in [4.69, 9.17) is 4.98 Å². The molecule has 0 radical (unpaired) electrons. The number of nitrogens with zero attached hydrogens (tertiary/aromatic N) is 2. The fraction of sp³-hybridized carbons (Fsp3) is 0.0500. The molecule has 0 unspecified atom stereocenters. The summed E-state index contributed by atoms with van der Waals surface area (Å²) in [6, 6.07) is 19.0. The van der Waals surface area contributed by atoms with Crippen LogP contribution in [0.5, 0.6) is 0 Å². The number of pyridine rings is 1. The molecule has 0 fully saturated rings. The maximum Gasteiger partial charge on any atom is 0.0795 e. The molecule has 2 aromatic carbocycles. The van der Waals surface area contributed by atoms with Gasteiger partial charge in [-0.3, -0.25) is 4.98 Å². The molecule has 0 aliphatic carbocycles. The minimum absolute atomic E-state index is 0.926. The summed E-state index contributed by atoms with van der Waals surface area (Å²) < 4.78 is 2.40. The molecule has 0 N–H and O–H groups in total. The molecule has 3 heterocycles. The van der Waals surface area contributed by atoms with Crippen LogP contribution in [0.1, 0.15) is 5.56 Å². The predicted octanol–water partition coefficient (Wildman–Crippen LogP) is 4.88. The predicted molar refractivity (Wildman–Crippen MR) is 91.7 cm³/mol. The monoisotopic (exact) mass is 282 g/mol. The summed E-state index contributed by atoms with van der Waals surface area (Å²) in [5.41, 5.74) is 6.05. The highest BCUT2D eigenvalue weighted by Crippen LogP contribution is 2.37. The molecule has 0 spiro atoms. The molecule has 0 amide bonds. The summed E-state index contributed by atoms with van der Waals surface area (Å²) in [5.74, 6) is 0. The zero-order valence-corrected chi connectivity index (χ0v) is 12.0. The summed E-state index contributed by atoms with van der Waals surface area (Å²) >= 11 is 0. The van der Waals surface area contributed by atoms with Gasteiger partial charge in [-0.2, -0.15) is 0 Å². The highest BCUT2D eigenvalue weighted by Gasteiger charge is 2.18. The quantitative estimate of drug-likeness (QED) is 0.486. The van der Waals surface area contributed by atoms with Gasteiger partial charge in [0.15, 0.2) is 0 Å². The van der Waals surface area contributed by atoms with Crippen LogP contribution in [0, 0.1) is 0 Å². The fourth-order valence-corrected chi connectivity index (χ4v) is 3.51. The van der Waals surface area contributed by atoms with Crippen molar-refractivity contribution in [2.75, 3.05) is 0 Å². The largest absolute Gasteiger partial charge is 0.336 e. The molecule has 4 aromatic rings. The van der Waals surface area contributed by atoms with Gasteiger partial charge in [0.25, 0.3) is 0 Å². The van der Waals surface area contributed by atoms with Gasteiger partial charge >= 0.3 is 0 Å². The molecule has 0 bridgehead atoms. The molecular formula is C20H14N2. The van der Waals surface area contributed by atoms with Crippen molar-refractivity contribution < 1.29 is 0 Å². The van der Waals surface area contributed by atoms with Crippen LogP contribution in [0.4, 0.5) is 0 Å². The van der Waals surface area contributed by atoms with E-state index in [9.17, 15) is 0 Å². The summed E-state index contributed by atoms with van der Waals surface area (Å²) in [7, 11) is 0. The maximum absolute atomic E-state index is 4.78. The van der Waals surface area contributed by atoms with Gasteiger partial charge in [0.1, 0.15) is 0 Å². The lowest BCUT2D eigenvalue weighted by atomic mass is 10.0. The van der Waals surface area contributed by atoms with E-state index in [0.29, 0.717) is 0 Å². The zero-order valence-electron chi connectivity index (χ0n) is 12.0. The number of fused-ring (bicyclic) bond motifs is 3. The Morgan fingerprint density at radius 3 is 2.59 bits per heavy atom. The van der Waals surface area contributed by atoms with Crippen LogP contribution in [-0.4, -0.2) is 9.55 Å². The van der Waals surface area contributed by atoms with Crippen molar-refractivity contribution in [3.05, 3.63) is 72.4 Å². The third-order valence-electron chi connectivity index (χ3n) is 4.46. The van der Waals surface area contributed by atoms with Gasteiger partial charge in [-0.05, 0) is 6.07 Å². The highest BCUT2D eigenvalue weighted by molar-refractivity contribution is 6.12. The number of rotatable bonds is 1. The Kier molecular flexibility index (Phi) is 2.30. The smallest absolute Gasteiger partial charge is 0.0795 e. The number of hydrogen-bond donors (Lipinski definition) is 0. The lowest BCUT2D eigenvalue weighted by Crippen LogP contribution is -2.02. The lowest BCUT2D eigenvalue weighted by Gasteiger charge is -2.14. The van der Waals surface area contributed by atoms with Gasteiger partial charge in [-0.15, -0.1) is 0 Å². The number of para-hydroxylation sites is 1. The van der Waals surface area contributed by atoms with Crippen molar-refractivity contribution in [2.45, 2.75) is 6.54 Å². The summed E-state index contributed by atoms with van der Waals surface area (Å²) in [5, 5.41) is 2.53. The van der Waals surface area contributed by atoms with Crippen molar-refractivity contribution in [1.82, 2.24) is 9.55 Å². The van der Waals surface area contributed by atoms with E-state index in [0.717, 1.165) is 12.2 Å². The van der Waals surface area contributed by atoms with E-state index in [2.05, 4.69) is 65.3 Å². The Balaban J connectivity index is 1.96. The van der Waals surface area contributed by atoms with Crippen molar-refractivity contribution in [1.29, 1.82) is 0 Å². The number of aromatic nitrogens is 2. The first-order valence-corrected chi connectivity index (χ1v) is 7.55. The molecule has 0 saturated carbocycles. The molecule has 0 atom stereocenters. The van der Waals surface area contributed by atoms with E-state index in [1.165, 1.54) is 32.9 Å². The molecule has 104 valence electrons. The van der Waals surface area contributed by atoms with Crippen molar-refractivity contribution in [3.8, 4) is 11.3 Å². The van der Waals surface area contributed by atoms with E-state index >= 15 is 0 Å². The summed E-state index contributed by atoms with van der Waals surface area (Å²) in [4.78, 5) is 4.78. The molecule has 2 nitrogen and oxygen atoms in total. The minimum atomic E-state index is 0.926. The van der Waals surface area contributed by atoms with Crippen molar-refractivity contribution in [2.24, 2.45) is 0 Å². The van der Waals surface area contributed by atoms with Crippen LogP contribution in [0.15, 0.2) is 66.9 Å². The number of benzene rings is 2. The standard InChI is InChI=1S/C20H14N2/c1-2-7-14(8-3-1)19-16-10-6-12-22-18-11-5-4-9-15(18)17(13-21-19)20(16)22/h1-11,13H,12H2. The molecule has 1 aliphatic heterocycles. The number of allylic oxidation sites excluding steroid dienone is 1. The van der Waals surface area contributed by atoms with Crippen LogP contribution in [0.3, 0.4) is 0 Å². The first-order valence-electron chi connectivity index (χ1n) is 7.55. The molecule has 5 rings (SSSR count). The molecule has 2 heteroatoms. The second-order valence-electron chi connectivity index (χ2n) is 5.68. The van der Waals surface area contributed by atoms with E-state index in [1.807, 2.05) is 12.3 Å². The molecule has 2 aromatic heterocycles. The van der Waals surface area contributed by atoms with Gasteiger partial charge in [-0.25, -0.2) is 0 Å². The summed E-state index contributed by atoms with van der Waals surface area (Å²) in [6.07, 6.45) is 6.47. The Morgan fingerprint density at radius 1 is 0.864 bits per heavy atom. The Hall–Kier alpha value is -2.87. The van der Waals surface area contributed by atoms with Crippen LogP contribution in [0.2, 0.25) is 0 Å². The van der Waals surface area contributed by atoms with E-state index in [-0.39, 0.29) is 0 Å². The minimum Gasteiger partial charge on any atom is -0.336 e. The Bertz CT molecular complexity index is 1040. The third kappa shape index (κ3) is 1.47. The van der Waals surface area contributed by atoms with Crippen molar-refractivity contribution in [3.63, 3.8) is 0 Å². The third-order valence-corrected chi connectivity index (χ3v) is 4.46.